The van der Waals surface area contributed by atoms with Crippen molar-refractivity contribution in [3.63, 3.8) is 0 Å². The Bertz CT molecular complexity index is 608. The van der Waals surface area contributed by atoms with Gasteiger partial charge in [0.25, 0.3) is 0 Å². The molecule has 110 valence electrons. The highest BCUT2D eigenvalue weighted by Crippen LogP contribution is 2.27. The van der Waals surface area contributed by atoms with Crippen molar-refractivity contribution in [3.8, 4) is 0 Å². The number of rotatable bonds is 3. The highest BCUT2D eigenvalue weighted by molar-refractivity contribution is 8.00. The maximum atomic E-state index is 12.2. The van der Waals surface area contributed by atoms with Gasteiger partial charge < -0.3 is 5.32 Å². The van der Waals surface area contributed by atoms with Crippen molar-refractivity contribution in [2.45, 2.75) is 36.3 Å². The van der Waals surface area contributed by atoms with Crippen LogP contribution in [0, 0.1) is 6.92 Å². The minimum absolute atomic E-state index is 0.0478. The molecule has 2 rings (SSSR count). The fraction of sp³-hybridized carbons (Fsp3) is 0.462. The van der Waals surface area contributed by atoms with Crippen LogP contribution < -0.4 is 10.5 Å². The van der Waals surface area contributed by atoms with Crippen LogP contribution in [0.2, 0.25) is 0 Å². The van der Waals surface area contributed by atoms with Crippen LogP contribution in [0.3, 0.4) is 0 Å². The van der Waals surface area contributed by atoms with Gasteiger partial charge in [0.15, 0.2) is 0 Å². The first-order valence-corrected chi connectivity index (χ1v) is 9.04. The standard InChI is InChI=1S/C13H18N2O3S2/c1-9-10(5-4-7-12(9)20(14,17)18)15-13(16)11-6-2-3-8-19-11/h4-5,7,11H,2-3,6,8H2,1H3,(H,15,16)(H2,14,17,18). The zero-order valence-corrected chi connectivity index (χ0v) is 12.9. The lowest BCUT2D eigenvalue weighted by Crippen LogP contribution is -2.28. The number of benzene rings is 1. The van der Waals surface area contributed by atoms with Gasteiger partial charge in [-0.1, -0.05) is 12.5 Å². The quantitative estimate of drug-likeness (QED) is 0.891. The number of primary sulfonamides is 1. The van der Waals surface area contributed by atoms with Gasteiger partial charge in [-0.05, 0) is 43.2 Å². The van der Waals surface area contributed by atoms with Crippen LogP contribution in [0.4, 0.5) is 5.69 Å². The molecule has 0 aromatic heterocycles. The number of carbonyl (C=O) groups is 1. The highest BCUT2D eigenvalue weighted by atomic mass is 32.2. The van der Waals surface area contributed by atoms with E-state index in [2.05, 4.69) is 5.32 Å². The van der Waals surface area contributed by atoms with Gasteiger partial charge in [0.1, 0.15) is 0 Å². The number of nitrogens with one attached hydrogen (secondary N) is 1. The molecule has 3 N–H and O–H groups in total. The molecule has 1 unspecified atom stereocenters. The third-order valence-corrected chi connectivity index (χ3v) is 5.75. The summed E-state index contributed by atoms with van der Waals surface area (Å²) in [6.07, 6.45) is 3.07. The molecule has 5 nitrogen and oxygen atoms in total. The monoisotopic (exact) mass is 314 g/mol. The minimum atomic E-state index is -3.77. The zero-order valence-electron chi connectivity index (χ0n) is 11.3. The van der Waals surface area contributed by atoms with E-state index in [0.717, 1.165) is 25.0 Å². The average molecular weight is 314 g/mol. The second kappa shape index (κ2) is 6.15. The number of thioether (sulfide) groups is 1. The normalized spacial score (nSPS) is 19.6. The van der Waals surface area contributed by atoms with Crippen LogP contribution in [0.15, 0.2) is 23.1 Å². The summed E-state index contributed by atoms with van der Waals surface area (Å²) >= 11 is 1.65. The Hall–Kier alpha value is -1.05. The molecule has 1 aliphatic rings. The predicted molar refractivity (Wildman–Crippen MR) is 81.3 cm³/mol. The van der Waals surface area contributed by atoms with Crippen molar-refractivity contribution in [2.75, 3.05) is 11.1 Å². The summed E-state index contributed by atoms with van der Waals surface area (Å²) in [5, 5.41) is 7.91. The molecule has 1 amide bonds. The molecule has 0 bridgehead atoms. The summed E-state index contributed by atoms with van der Waals surface area (Å²) in [4.78, 5) is 12.2. The summed E-state index contributed by atoms with van der Waals surface area (Å²) in [6.45, 7) is 1.64. The van der Waals surface area contributed by atoms with Crippen molar-refractivity contribution in [2.24, 2.45) is 5.14 Å². The largest absolute Gasteiger partial charge is 0.325 e. The minimum Gasteiger partial charge on any atom is -0.325 e. The van der Waals surface area contributed by atoms with Gasteiger partial charge in [-0.25, -0.2) is 13.6 Å². The summed E-state index contributed by atoms with van der Waals surface area (Å²) in [5.74, 6) is 0.929. The molecule has 1 aromatic rings. The fourth-order valence-corrected chi connectivity index (χ4v) is 4.22. The van der Waals surface area contributed by atoms with E-state index < -0.39 is 10.0 Å². The van der Waals surface area contributed by atoms with Gasteiger partial charge in [0.2, 0.25) is 15.9 Å². The van der Waals surface area contributed by atoms with Gasteiger partial charge in [-0.2, -0.15) is 0 Å². The van der Waals surface area contributed by atoms with Crippen molar-refractivity contribution in [3.05, 3.63) is 23.8 Å². The molecule has 1 aliphatic heterocycles. The van der Waals surface area contributed by atoms with Crippen LogP contribution in [0.5, 0.6) is 0 Å². The van der Waals surface area contributed by atoms with Gasteiger partial charge in [0.05, 0.1) is 10.1 Å². The number of hydrogen-bond acceptors (Lipinski definition) is 4. The third-order valence-electron chi connectivity index (χ3n) is 3.32. The van der Waals surface area contributed by atoms with E-state index in [9.17, 15) is 13.2 Å². The van der Waals surface area contributed by atoms with E-state index in [1.54, 1.807) is 30.8 Å². The molecule has 1 aromatic carbocycles. The van der Waals surface area contributed by atoms with E-state index in [-0.39, 0.29) is 16.1 Å². The first-order chi connectivity index (χ1) is 9.39. The molecule has 0 saturated carbocycles. The van der Waals surface area contributed by atoms with Crippen LogP contribution in [-0.2, 0) is 14.8 Å². The molecule has 20 heavy (non-hydrogen) atoms. The summed E-state index contributed by atoms with van der Waals surface area (Å²) in [7, 11) is -3.77. The summed E-state index contributed by atoms with van der Waals surface area (Å²) in [6, 6.07) is 4.71. The number of amides is 1. The van der Waals surface area contributed by atoms with Gasteiger partial charge in [-0.3, -0.25) is 4.79 Å². The van der Waals surface area contributed by atoms with Gasteiger partial charge >= 0.3 is 0 Å². The first-order valence-electron chi connectivity index (χ1n) is 6.44. The second-order valence-electron chi connectivity index (χ2n) is 4.82. The van der Waals surface area contributed by atoms with Crippen LogP contribution in [-0.4, -0.2) is 25.3 Å². The van der Waals surface area contributed by atoms with Crippen LogP contribution in [0.1, 0.15) is 24.8 Å². The lowest BCUT2D eigenvalue weighted by Gasteiger charge is -2.21. The molecular formula is C13H18N2O3S2. The van der Waals surface area contributed by atoms with Crippen molar-refractivity contribution >= 4 is 33.4 Å². The number of hydrogen-bond donors (Lipinski definition) is 2. The Morgan fingerprint density at radius 3 is 2.75 bits per heavy atom. The molecular weight excluding hydrogens is 296 g/mol. The van der Waals surface area contributed by atoms with E-state index >= 15 is 0 Å². The molecule has 0 aliphatic carbocycles. The molecule has 1 fully saturated rings. The second-order valence-corrected chi connectivity index (χ2v) is 7.66. The number of nitrogens with two attached hydrogens (primary N) is 1. The Balaban J connectivity index is 2.19. The highest BCUT2D eigenvalue weighted by Gasteiger charge is 2.23. The van der Waals surface area contributed by atoms with E-state index in [1.165, 1.54) is 6.07 Å². The Morgan fingerprint density at radius 1 is 1.40 bits per heavy atom. The Kier molecular flexibility index (Phi) is 4.72. The lowest BCUT2D eigenvalue weighted by atomic mass is 10.1. The van der Waals surface area contributed by atoms with Gasteiger partial charge in [-0.15, -0.1) is 11.8 Å². The molecule has 1 atom stereocenters. The van der Waals surface area contributed by atoms with E-state index in [0.29, 0.717) is 11.3 Å². The summed E-state index contributed by atoms with van der Waals surface area (Å²) in [5.41, 5.74) is 0.983. The van der Waals surface area contributed by atoms with E-state index in [1.807, 2.05) is 0 Å². The molecule has 1 saturated heterocycles. The smallest absolute Gasteiger partial charge is 0.238 e. The van der Waals surface area contributed by atoms with Crippen molar-refractivity contribution in [1.29, 1.82) is 0 Å². The van der Waals surface area contributed by atoms with Gasteiger partial charge in [0, 0.05) is 5.69 Å². The average Bonchev–Trinajstić information content (AvgIpc) is 2.40. The molecule has 1 heterocycles. The van der Waals surface area contributed by atoms with Crippen LogP contribution in [0.25, 0.3) is 0 Å². The molecule has 0 spiro atoms. The SMILES string of the molecule is Cc1c(NC(=O)C2CCCCS2)cccc1S(N)(=O)=O. The lowest BCUT2D eigenvalue weighted by molar-refractivity contribution is -0.115. The topological polar surface area (TPSA) is 89.3 Å². The number of anilines is 1. The number of carbonyl (C=O) groups excluding carboxylic acids is 1. The maximum Gasteiger partial charge on any atom is 0.238 e. The van der Waals surface area contributed by atoms with Crippen molar-refractivity contribution in [1.82, 2.24) is 0 Å². The Labute approximate surface area is 123 Å². The van der Waals surface area contributed by atoms with Crippen LogP contribution >= 0.6 is 11.8 Å². The maximum absolute atomic E-state index is 12.2. The fourth-order valence-electron chi connectivity index (χ4n) is 2.22. The van der Waals surface area contributed by atoms with Crippen molar-refractivity contribution < 1.29 is 13.2 Å². The van der Waals surface area contributed by atoms with E-state index in [4.69, 9.17) is 5.14 Å². The summed E-state index contributed by atoms with van der Waals surface area (Å²) < 4.78 is 22.9. The predicted octanol–water partition coefficient (Wildman–Crippen LogP) is 1.87. The molecule has 0 radical (unpaired) electrons. The zero-order chi connectivity index (χ0) is 14.8. The Morgan fingerprint density at radius 2 is 2.15 bits per heavy atom. The first kappa shape index (κ1) is 15.3. The number of sulfonamides is 1. The molecule has 7 heteroatoms. The third kappa shape index (κ3) is 3.53.